The molecule has 8 nitrogen and oxygen atoms in total. The molecule has 178 valence electrons. The summed E-state index contributed by atoms with van der Waals surface area (Å²) in [5.74, 6) is -9.71. The largest absolute Gasteiger partial charge is 0.618 e. The third-order valence-corrected chi connectivity index (χ3v) is 5.83. The second kappa shape index (κ2) is 8.14. The summed E-state index contributed by atoms with van der Waals surface area (Å²) in [6.07, 6.45) is -6.04. The Morgan fingerprint density at radius 3 is 2.48 bits per heavy atom. The summed E-state index contributed by atoms with van der Waals surface area (Å²) in [5, 5.41) is 23.9. The van der Waals surface area contributed by atoms with Crippen LogP contribution in [0.3, 0.4) is 0 Å². The third-order valence-electron chi connectivity index (χ3n) is 5.83. The highest BCUT2D eigenvalue weighted by Gasteiger charge is 2.65. The van der Waals surface area contributed by atoms with Gasteiger partial charge in [-0.1, -0.05) is 13.0 Å². The predicted octanol–water partition coefficient (Wildman–Crippen LogP) is 2.48. The number of rotatable bonds is 4. The van der Waals surface area contributed by atoms with E-state index in [0.29, 0.717) is 13.0 Å². The first-order valence-corrected chi connectivity index (χ1v) is 9.44. The number of phenolic OH excluding ortho intramolecular Hbond substituents is 1. The summed E-state index contributed by atoms with van der Waals surface area (Å²) in [6, 6.07) is 3.44. The zero-order valence-corrected chi connectivity index (χ0v) is 17.1. The monoisotopic (exact) mass is 475 g/mol. The van der Waals surface area contributed by atoms with Crippen molar-refractivity contribution in [3.63, 3.8) is 0 Å². The molecule has 4 atom stereocenters. The van der Waals surface area contributed by atoms with Crippen molar-refractivity contribution in [3.05, 3.63) is 58.6 Å². The summed E-state index contributed by atoms with van der Waals surface area (Å²) in [4.78, 5) is 24.3. The normalized spacial score (nSPS) is 25.1. The van der Waals surface area contributed by atoms with Gasteiger partial charge in [0.05, 0.1) is 5.69 Å². The van der Waals surface area contributed by atoms with Crippen molar-refractivity contribution in [1.82, 2.24) is 0 Å². The first-order valence-electron chi connectivity index (χ1n) is 9.44. The maximum Gasteiger partial charge on any atom is 0.417 e. The molecule has 1 fully saturated rings. The molecule has 3 rings (SSSR count). The van der Waals surface area contributed by atoms with Gasteiger partial charge in [0.2, 0.25) is 5.82 Å². The van der Waals surface area contributed by atoms with Crippen LogP contribution in [0.25, 0.3) is 0 Å². The number of alkyl halides is 3. The number of pyridine rings is 1. The van der Waals surface area contributed by atoms with Crippen LogP contribution in [0, 0.1) is 22.8 Å². The van der Waals surface area contributed by atoms with E-state index in [2.05, 4.69) is 5.32 Å². The molecule has 0 saturated carbocycles. The Morgan fingerprint density at radius 2 is 1.91 bits per heavy atom. The molecule has 2 amide bonds. The number of carbonyl (C=O) groups excluding carboxylic acids is 2. The number of aromatic hydroxyl groups is 1. The van der Waals surface area contributed by atoms with E-state index in [-0.39, 0.29) is 10.4 Å². The van der Waals surface area contributed by atoms with Crippen molar-refractivity contribution in [1.29, 1.82) is 0 Å². The molecule has 2 aromatic rings. The van der Waals surface area contributed by atoms with Gasteiger partial charge in [0.15, 0.2) is 23.4 Å². The minimum Gasteiger partial charge on any atom is -0.618 e. The summed E-state index contributed by atoms with van der Waals surface area (Å²) in [7, 11) is 0. The number of benzene rings is 1. The van der Waals surface area contributed by atoms with Crippen LogP contribution in [-0.4, -0.2) is 34.8 Å². The van der Waals surface area contributed by atoms with Crippen LogP contribution in [0.5, 0.6) is 5.75 Å². The molecule has 1 aliphatic rings. The number of phenols is 1. The summed E-state index contributed by atoms with van der Waals surface area (Å²) < 4.78 is 74.2. The third kappa shape index (κ3) is 4.03. The summed E-state index contributed by atoms with van der Waals surface area (Å²) >= 11 is 0. The van der Waals surface area contributed by atoms with Crippen LogP contribution in [0.4, 0.5) is 27.6 Å². The Kier molecular flexibility index (Phi) is 5.96. The van der Waals surface area contributed by atoms with Crippen molar-refractivity contribution in [2.24, 2.45) is 11.7 Å². The number of ether oxygens (including phenoxy) is 1. The van der Waals surface area contributed by atoms with Gasteiger partial charge in [-0.25, -0.2) is 4.39 Å². The average Bonchev–Trinajstić information content (AvgIpc) is 3.00. The van der Waals surface area contributed by atoms with Crippen LogP contribution in [0.2, 0.25) is 0 Å². The zero-order chi connectivity index (χ0) is 24.9. The molecule has 33 heavy (non-hydrogen) atoms. The average molecular weight is 475 g/mol. The highest BCUT2D eigenvalue weighted by Crippen LogP contribution is 2.54. The van der Waals surface area contributed by atoms with Crippen LogP contribution in [0.15, 0.2) is 30.5 Å². The number of amides is 2. The molecule has 0 unspecified atom stereocenters. The lowest BCUT2D eigenvalue weighted by Gasteiger charge is -2.31. The first-order chi connectivity index (χ1) is 15.2. The van der Waals surface area contributed by atoms with Gasteiger partial charge in [-0.15, -0.1) is 0 Å². The molecule has 1 aromatic heterocycles. The van der Waals surface area contributed by atoms with Gasteiger partial charge in [0, 0.05) is 29.5 Å². The van der Waals surface area contributed by atoms with Crippen LogP contribution < -0.4 is 15.8 Å². The van der Waals surface area contributed by atoms with Gasteiger partial charge in [0.1, 0.15) is 6.10 Å². The van der Waals surface area contributed by atoms with Gasteiger partial charge < -0.3 is 26.1 Å². The van der Waals surface area contributed by atoms with E-state index in [9.17, 15) is 41.9 Å². The Balaban J connectivity index is 2.05. The number of halogens is 5. The summed E-state index contributed by atoms with van der Waals surface area (Å²) in [6.45, 7) is 1.79. The minimum absolute atomic E-state index is 0.120. The molecule has 1 aliphatic heterocycles. The van der Waals surface area contributed by atoms with Gasteiger partial charge in [-0.05, 0) is 13.0 Å². The fourth-order valence-corrected chi connectivity index (χ4v) is 3.81. The fraction of sp³-hybridized carbons (Fsp3) is 0.350. The fourth-order valence-electron chi connectivity index (χ4n) is 3.81. The van der Waals surface area contributed by atoms with E-state index in [4.69, 9.17) is 10.5 Å². The van der Waals surface area contributed by atoms with Crippen molar-refractivity contribution in [3.8, 4) is 5.75 Å². The smallest absolute Gasteiger partial charge is 0.417 e. The molecule has 13 heteroatoms. The maximum absolute atomic E-state index is 14.0. The number of hydrogen-bond donors (Lipinski definition) is 3. The number of aromatic nitrogens is 1. The number of anilines is 1. The van der Waals surface area contributed by atoms with Crippen molar-refractivity contribution in [2.75, 3.05) is 5.32 Å². The van der Waals surface area contributed by atoms with E-state index < -0.39 is 70.2 Å². The quantitative estimate of drug-likeness (QED) is 0.356. The van der Waals surface area contributed by atoms with Gasteiger partial charge >= 0.3 is 12.1 Å². The second-order valence-electron chi connectivity index (χ2n) is 7.74. The van der Waals surface area contributed by atoms with Crippen LogP contribution >= 0.6 is 0 Å². The Bertz CT molecular complexity index is 1130. The van der Waals surface area contributed by atoms with E-state index in [1.807, 2.05) is 0 Å². The summed E-state index contributed by atoms with van der Waals surface area (Å²) in [5.41, 5.74) is 1.00. The topological polar surface area (TPSA) is 129 Å². The lowest BCUT2D eigenvalue weighted by atomic mass is 9.77. The van der Waals surface area contributed by atoms with E-state index in [1.54, 1.807) is 0 Å². The van der Waals surface area contributed by atoms with E-state index >= 15 is 0 Å². The number of primary amides is 1. The highest BCUT2D eigenvalue weighted by molar-refractivity contribution is 5.97. The molecule has 1 saturated heterocycles. The molecular weight excluding hydrogens is 457 g/mol. The lowest BCUT2D eigenvalue weighted by Crippen LogP contribution is -2.47. The first kappa shape index (κ1) is 24.2. The second-order valence-corrected chi connectivity index (χ2v) is 7.74. The van der Waals surface area contributed by atoms with Gasteiger partial charge in [-0.3, -0.25) is 9.59 Å². The molecule has 0 radical (unpaired) electrons. The molecule has 0 aliphatic carbocycles. The minimum atomic E-state index is -4.96. The molecular formula is C20H18F5N3O5. The molecule has 2 heterocycles. The van der Waals surface area contributed by atoms with Crippen molar-refractivity contribution in [2.45, 2.75) is 37.6 Å². The number of nitrogens with one attached hydrogen (secondary N) is 1. The maximum atomic E-state index is 14.0. The van der Waals surface area contributed by atoms with Crippen molar-refractivity contribution < 1.29 is 46.1 Å². The van der Waals surface area contributed by atoms with Gasteiger partial charge in [0.25, 0.3) is 11.6 Å². The Labute approximate surface area is 183 Å². The number of hydrogen-bond acceptors (Lipinski definition) is 5. The molecule has 1 aromatic carbocycles. The number of nitrogens with zero attached hydrogens (tertiary/aromatic N) is 1. The van der Waals surface area contributed by atoms with Crippen molar-refractivity contribution >= 4 is 17.5 Å². The van der Waals surface area contributed by atoms with E-state index in [1.165, 1.54) is 0 Å². The molecule has 0 bridgehead atoms. The molecule has 0 spiro atoms. The van der Waals surface area contributed by atoms with Crippen LogP contribution in [0.1, 0.15) is 35.8 Å². The molecule has 4 N–H and O–H groups in total. The predicted molar refractivity (Wildman–Crippen MR) is 102 cm³/mol. The number of nitrogens with two attached hydrogens (primary N) is 1. The van der Waals surface area contributed by atoms with Gasteiger partial charge in [-0.2, -0.15) is 22.3 Å². The highest BCUT2D eigenvalue weighted by atomic mass is 19.4. The van der Waals surface area contributed by atoms with E-state index in [0.717, 1.165) is 31.3 Å². The Hall–Kier alpha value is -3.48. The lowest BCUT2D eigenvalue weighted by molar-refractivity contribution is -0.607. The SMILES string of the molecule is C[C@@H]1[C@@H](c2ccc(F)c(F)c2O)[C@@H](C(=O)Nc2cc[n+]([O-])c(C(N)=O)c2)O[C@]1(C)C(F)(F)F. The standard InChI is InChI=1S/C20H18F5N3O5/c1-8-13(10-3-4-11(21)14(22)15(10)29)16(33-19(8,2)20(23,24)25)18(31)27-9-5-6-28(32)12(7-9)17(26)30/h3-8,13,16,29H,1-2H3,(H2,26,30)(H,27,31)/t8-,13+,16+,19+/m1/s1. The Morgan fingerprint density at radius 1 is 1.27 bits per heavy atom. The zero-order valence-electron chi connectivity index (χ0n) is 17.1. The van der Waals surface area contributed by atoms with Crippen LogP contribution in [-0.2, 0) is 9.53 Å². The number of carbonyl (C=O) groups is 2.